The highest BCUT2D eigenvalue weighted by Crippen LogP contribution is 2.24. The summed E-state index contributed by atoms with van der Waals surface area (Å²) in [6, 6.07) is 16.4. The fraction of sp³-hybridized carbons (Fsp3) is 0.185. The second-order valence-electron chi connectivity index (χ2n) is 8.84. The number of nitrogens with one attached hydrogen (secondary N) is 2. The van der Waals surface area contributed by atoms with Gasteiger partial charge in [-0.1, -0.05) is 18.2 Å². The molecule has 0 spiro atoms. The average molecular weight is 482 g/mol. The maximum absolute atomic E-state index is 13.5. The van der Waals surface area contributed by atoms with Crippen LogP contribution in [-0.4, -0.2) is 27.1 Å². The summed E-state index contributed by atoms with van der Waals surface area (Å²) in [6.07, 6.45) is 4.21. The van der Waals surface area contributed by atoms with Crippen molar-refractivity contribution in [2.24, 2.45) is 0 Å². The summed E-state index contributed by atoms with van der Waals surface area (Å²) in [5.41, 5.74) is 12.1. The first kappa shape index (κ1) is 23.1. The van der Waals surface area contributed by atoms with Crippen molar-refractivity contribution in [1.82, 2.24) is 14.5 Å². The Kier molecular flexibility index (Phi) is 6.12. The molecule has 36 heavy (non-hydrogen) atoms. The fourth-order valence-electron chi connectivity index (χ4n) is 4.43. The van der Waals surface area contributed by atoms with Crippen LogP contribution in [0.2, 0.25) is 0 Å². The minimum atomic E-state index is -0.331. The molecule has 5 rings (SSSR count). The summed E-state index contributed by atoms with van der Waals surface area (Å²) >= 11 is 0. The number of nitrogen functional groups attached to an aromatic ring is 1. The molecule has 9 nitrogen and oxygen atoms in total. The van der Waals surface area contributed by atoms with Crippen LogP contribution in [-0.2, 0) is 13.0 Å². The van der Waals surface area contributed by atoms with E-state index in [1.54, 1.807) is 29.1 Å². The quantitative estimate of drug-likeness (QED) is 0.405. The summed E-state index contributed by atoms with van der Waals surface area (Å²) in [6.45, 7) is 5.09. The molecule has 1 aliphatic rings. The summed E-state index contributed by atoms with van der Waals surface area (Å²) < 4.78 is 1.62. The smallest absolute Gasteiger partial charge is 0.323 e. The number of para-hydroxylation sites is 1. The number of benzene rings is 2. The first-order valence-electron chi connectivity index (χ1n) is 11.7. The van der Waals surface area contributed by atoms with Crippen molar-refractivity contribution >= 4 is 29.0 Å². The van der Waals surface area contributed by atoms with Crippen molar-refractivity contribution in [3.05, 3.63) is 99.7 Å². The van der Waals surface area contributed by atoms with E-state index in [0.717, 1.165) is 28.1 Å². The molecule has 0 radical (unpaired) electrons. The van der Waals surface area contributed by atoms with Gasteiger partial charge in [0.15, 0.2) is 0 Å². The third-order valence-corrected chi connectivity index (χ3v) is 6.33. The second kappa shape index (κ2) is 9.53. The molecule has 3 heterocycles. The van der Waals surface area contributed by atoms with Crippen LogP contribution in [0.25, 0.3) is 5.69 Å². The molecule has 4 N–H and O–H groups in total. The predicted octanol–water partition coefficient (Wildman–Crippen LogP) is 4.03. The van der Waals surface area contributed by atoms with Gasteiger partial charge in [-0.2, -0.15) is 0 Å². The molecule has 182 valence electrons. The maximum Gasteiger partial charge on any atom is 0.323 e. The monoisotopic (exact) mass is 481 g/mol. The van der Waals surface area contributed by atoms with E-state index >= 15 is 0 Å². The lowest BCUT2D eigenvalue weighted by molar-refractivity contribution is 0.262. The molecule has 9 heteroatoms. The summed E-state index contributed by atoms with van der Waals surface area (Å²) in [7, 11) is 0. The number of hydrogen-bond acceptors (Lipinski definition) is 6. The van der Waals surface area contributed by atoms with Crippen molar-refractivity contribution < 1.29 is 4.79 Å². The predicted molar refractivity (Wildman–Crippen MR) is 142 cm³/mol. The third-order valence-electron chi connectivity index (χ3n) is 6.33. The van der Waals surface area contributed by atoms with E-state index in [1.165, 1.54) is 0 Å². The number of fused-ring (bicyclic) bond motifs is 1. The Morgan fingerprint density at radius 3 is 2.56 bits per heavy atom. The van der Waals surface area contributed by atoms with Gasteiger partial charge in [0.05, 0.1) is 5.69 Å². The van der Waals surface area contributed by atoms with Gasteiger partial charge in [0.2, 0.25) is 5.95 Å². The highest BCUT2D eigenvalue weighted by molar-refractivity contribution is 6.00. The first-order valence-corrected chi connectivity index (χ1v) is 11.7. The molecule has 0 bridgehead atoms. The number of aromatic nitrogens is 3. The molecular formula is C27H27N7O2. The third kappa shape index (κ3) is 4.63. The Morgan fingerprint density at radius 2 is 1.78 bits per heavy atom. The molecule has 2 aromatic heterocycles. The number of pyridine rings is 1. The van der Waals surface area contributed by atoms with E-state index in [0.29, 0.717) is 36.6 Å². The number of urea groups is 1. The zero-order valence-corrected chi connectivity index (χ0v) is 20.2. The van der Waals surface area contributed by atoms with Gasteiger partial charge < -0.3 is 21.3 Å². The van der Waals surface area contributed by atoms with Gasteiger partial charge in [-0.3, -0.25) is 9.36 Å². The Morgan fingerprint density at radius 1 is 1.00 bits per heavy atom. The normalized spacial score (nSPS) is 12.7. The minimum absolute atomic E-state index is 0.104. The van der Waals surface area contributed by atoms with E-state index in [-0.39, 0.29) is 17.5 Å². The van der Waals surface area contributed by atoms with Crippen molar-refractivity contribution in [3.8, 4) is 5.69 Å². The van der Waals surface area contributed by atoms with Crippen LogP contribution < -0.4 is 26.8 Å². The highest BCUT2D eigenvalue weighted by Gasteiger charge is 2.22. The van der Waals surface area contributed by atoms with Crippen molar-refractivity contribution in [3.63, 3.8) is 0 Å². The Hall–Kier alpha value is -4.66. The zero-order valence-electron chi connectivity index (χ0n) is 20.2. The lowest BCUT2D eigenvalue weighted by atomic mass is 10.1. The van der Waals surface area contributed by atoms with E-state index in [1.807, 2.05) is 56.3 Å². The lowest BCUT2D eigenvalue weighted by Gasteiger charge is -2.30. The number of carbonyl (C=O) groups excluding carboxylic acids is 1. The van der Waals surface area contributed by atoms with E-state index in [4.69, 9.17) is 5.73 Å². The Labute approximate surface area is 208 Å². The largest absolute Gasteiger partial charge is 0.368 e. The van der Waals surface area contributed by atoms with Crippen molar-refractivity contribution in [2.45, 2.75) is 26.8 Å². The van der Waals surface area contributed by atoms with Crippen molar-refractivity contribution in [1.29, 1.82) is 0 Å². The average Bonchev–Trinajstić information content (AvgIpc) is 2.86. The van der Waals surface area contributed by atoms with Gasteiger partial charge in [-0.25, -0.2) is 14.8 Å². The maximum atomic E-state index is 13.5. The van der Waals surface area contributed by atoms with E-state index < -0.39 is 0 Å². The Bertz CT molecular complexity index is 1500. The standard InChI is InChI=1S/C27H27N7O2/c1-17-5-3-4-6-22(17)32-27(36)30-20-7-9-21(10-8-20)34-14-11-18(2)24(25(34)35)33-13-12-23-19(16-33)15-29-26(28)31-23/h3-11,14-15H,12-13,16H2,1-2H3,(H2,28,29,31)(H2,30,32,36). The van der Waals surface area contributed by atoms with Crippen LogP contribution in [0.1, 0.15) is 22.4 Å². The number of amides is 2. The van der Waals surface area contributed by atoms with Gasteiger partial charge in [0.25, 0.3) is 5.56 Å². The van der Waals surface area contributed by atoms with E-state index in [2.05, 4.69) is 25.5 Å². The molecule has 2 amide bonds. The van der Waals surface area contributed by atoms with Gasteiger partial charge in [-0.15, -0.1) is 0 Å². The molecule has 1 aliphatic heterocycles. The molecule has 0 unspecified atom stereocenters. The topological polar surface area (TPSA) is 118 Å². The van der Waals surface area contributed by atoms with Crippen molar-refractivity contribution in [2.75, 3.05) is 27.8 Å². The molecule has 0 fully saturated rings. The number of nitrogens with zero attached hydrogens (tertiary/aromatic N) is 4. The molecule has 4 aromatic rings. The number of hydrogen-bond donors (Lipinski definition) is 3. The van der Waals surface area contributed by atoms with Crippen LogP contribution in [0.3, 0.4) is 0 Å². The van der Waals surface area contributed by atoms with Crippen LogP contribution >= 0.6 is 0 Å². The molecule has 0 aliphatic carbocycles. The SMILES string of the molecule is Cc1ccccc1NC(=O)Nc1ccc(-n2ccc(C)c(N3CCc4nc(N)ncc4C3)c2=O)cc1. The van der Waals surface area contributed by atoms with Crippen LogP contribution in [0.15, 0.2) is 71.8 Å². The lowest BCUT2D eigenvalue weighted by Crippen LogP contribution is -2.37. The highest BCUT2D eigenvalue weighted by atomic mass is 16.2. The van der Waals surface area contributed by atoms with E-state index in [9.17, 15) is 9.59 Å². The number of rotatable bonds is 4. The zero-order chi connectivity index (χ0) is 25.2. The molecule has 0 atom stereocenters. The number of carbonyl (C=O) groups is 1. The fourth-order valence-corrected chi connectivity index (χ4v) is 4.43. The van der Waals surface area contributed by atoms with Gasteiger partial charge >= 0.3 is 6.03 Å². The Balaban J connectivity index is 1.35. The van der Waals surface area contributed by atoms with Gasteiger partial charge in [0.1, 0.15) is 5.69 Å². The molecule has 0 saturated carbocycles. The molecule has 2 aromatic carbocycles. The van der Waals surface area contributed by atoms with Crippen LogP contribution in [0.4, 0.5) is 27.8 Å². The summed E-state index contributed by atoms with van der Waals surface area (Å²) in [5.74, 6) is 0.269. The second-order valence-corrected chi connectivity index (χ2v) is 8.84. The van der Waals surface area contributed by atoms with Crippen LogP contribution in [0.5, 0.6) is 0 Å². The molecule has 0 saturated heterocycles. The number of nitrogens with two attached hydrogens (primary N) is 1. The summed E-state index contributed by atoms with van der Waals surface area (Å²) in [4.78, 5) is 36.5. The molecular weight excluding hydrogens is 454 g/mol. The van der Waals surface area contributed by atoms with Gasteiger partial charge in [-0.05, 0) is 61.4 Å². The first-order chi connectivity index (χ1) is 17.4. The van der Waals surface area contributed by atoms with Gasteiger partial charge in [0, 0.05) is 54.5 Å². The number of anilines is 4. The number of aryl methyl sites for hydroxylation is 2. The summed E-state index contributed by atoms with van der Waals surface area (Å²) in [5, 5.41) is 5.68. The van der Waals surface area contributed by atoms with Crippen LogP contribution in [0, 0.1) is 13.8 Å². The minimum Gasteiger partial charge on any atom is -0.368 e.